The molecular weight excluding hydrogens is 304 g/mol. The van der Waals surface area contributed by atoms with E-state index in [1.54, 1.807) is 11.1 Å². The third-order valence-corrected chi connectivity index (χ3v) is 9.61. The zero-order valence-corrected chi connectivity index (χ0v) is 17.4. The lowest BCUT2D eigenvalue weighted by molar-refractivity contribution is -0.122. The lowest BCUT2D eigenvalue weighted by atomic mass is 9.51. The molecule has 138 valence electrons. The van der Waals surface area contributed by atoms with E-state index in [9.17, 15) is 4.79 Å². The molecule has 4 aliphatic carbocycles. The molecule has 1 nitrogen and oxygen atoms in total. The van der Waals surface area contributed by atoms with Gasteiger partial charge < -0.3 is 0 Å². The molecule has 0 aromatic carbocycles. The summed E-state index contributed by atoms with van der Waals surface area (Å²) in [6.45, 7) is 16.9. The molecule has 0 saturated heterocycles. The smallest absolute Gasteiger partial charge is 0.161 e. The Morgan fingerprint density at radius 2 is 1.68 bits per heavy atom. The molecule has 0 spiro atoms. The van der Waals surface area contributed by atoms with Gasteiger partial charge in [0, 0.05) is 5.41 Å². The Morgan fingerprint density at radius 1 is 1.00 bits per heavy atom. The number of hydrogen-bond donors (Lipinski definition) is 0. The summed E-state index contributed by atoms with van der Waals surface area (Å²) in [5, 5.41) is 0. The second-order valence-corrected chi connectivity index (χ2v) is 11.5. The van der Waals surface area contributed by atoms with Crippen LogP contribution in [0.1, 0.15) is 87.0 Å². The van der Waals surface area contributed by atoms with Crippen molar-refractivity contribution in [2.75, 3.05) is 0 Å². The van der Waals surface area contributed by atoms with Gasteiger partial charge in [0.25, 0.3) is 0 Å². The summed E-state index contributed by atoms with van der Waals surface area (Å²) in [5.41, 5.74) is 5.76. The van der Waals surface area contributed by atoms with E-state index in [1.807, 2.05) is 6.08 Å². The maximum Gasteiger partial charge on any atom is 0.161 e. The third kappa shape index (κ3) is 2.10. The number of ketones is 1. The highest BCUT2D eigenvalue weighted by atomic mass is 16.1. The summed E-state index contributed by atoms with van der Waals surface area (Å²) in [7, 11) is 0. The number of rotatable bonds is 0. The van der Waals surface area contributed by atoms with E-state index in [-0.39, 0.29) is 5.41 Å². The summed E-state index contributed by atoms with van der Waals surface area (Å²) in [4.78, 5) is 12.4. The van der Waals surface area contributed by atoms with Crippen LogP contribution in [-0.2, 0) is 4.79 Å². The molecule has 0 amide bonds. The predicted octanol–water partition coefficient (Wildman–Crippen LogP) is 6.49. The molecule has 0 aliphatic heterocycles. The fourth-order valence-electron chi connectivity index (χ4n) is 6.86. The maximum atomic E-state index is 12.4. The molecule has 4 rings (SSSR count). The molecular formula is C24H36O. The van der Waals surface area contributed by atoms with Crippen molar-refractivity contribution in [1.82, 2.24) is 0 Å². The number of carbonyl (C=O) groups excluding carboxylic acids is 1. The predicted molar refractivity (Wildman–Crippen MR) is 104 cm³/mol. The van der Waals surface area contributed by atoms with Crippen molar-refractivity contribution in [2.45, 2.75) is 87.0 Å². The molecule has 4 aliphatic rings. The van der Waals surface area contributed by atoms with Crippen LogP contribution in [0.2, 0.25) is 0 Å². The molecule has 0 aromatic rings. The fraction of sp³-hybridized carbons (Fsp3) is 0.792. The molecule has 0 N–H and O–H groups in total. The van der Waals surface area contributed by atoms with Crippen LogP contribution in [0.15, 0.2) is 22.8 Å². The van der Waals surface area contributed by atoms with Crippen LogP contribution in [0, 0.1) is 33.5 Å². The molecule has 0 heterocycles. The number of allylic oxidation sites excluding steroid dienone is 4. The minimum absolute atomic E-state index is 0.206. The molecule has 1 heteroatoms. The Balaban J connectivity index is 1.79. The first-order chi connectivity index (χ1) is 11.4. The topological polar surface area (TPSA) is 17.1 Å². The molecule has 25 heavy (non-hydrogen) atoms. The van der Waals surface area contributed by atoms with Crippen LogP contribution in [0.5, 0.6) is 0 Å². The molecule has 2 fully saturated rings. The van der Waals surface area contributed by atoms with Gasteiger partial charge in [-0.25, -0.2) is 0 Å². The molecule has 0 radical (unpaired) electrons. The highest BCUT2D eigenvalue weighted by molar-refractivity contribution is 5.97. The summed E-state index contributed by atoms with van der Waals surface area (Å²) in [6, 6.07) is 0. The quantitative estimate of drug-likeness (QED) is 0.492. The largest absolute Gasteiger partial charge is 0.294 e. The van der Waals surface area contributed by atoms with E-state index in [1.165, 1.54) is 31.3 Å². The van der Waals surface area contributed by atoms with E-state index >= 15 is 0 Å². The standard InChI is InChI=1S/C24H36O/c1-21(2)13-18-15(12-20(21)25)8-9-17-16(18)10-11-24(7)19(17)14-22(3,4)23(24,5)6/h12,17,19H,8-11,13-14H2,1-7H3. The Kier molecular flexibility index (Phi) is 3.44. The van der Waals surface area contributed by atoms with Crippen molar-refractivity contribution in [3.63, 3.8) is 0 Å². The van der Waals surface area contributed by atoms with Crippen molar-refractivity contribution in [3.8, 4) is 0 Å². The molecule has 3 unspecified atom stereocenters. The van der Waals surface area contributed by atoms with Gasteiger partial charge in [0.1, 0.15) is 0 Å². The van der Waals surface area contributed by atoms with Gasteiger partial charge in [0.05, 0.1) is 0 Å². The van der Waals surface area contributed by atoms with Gasteiger partial charge in [-0.15, -0.1) is 0 Å². The number of fused-ring (bicyclic) bond motifs is 4. The van der Waals surface area contributed by atoms with Gasteiger partial charge >= 0.3 is 0 Å². The van der Waals surface area contributed by atoms with Gasteiger partial charge in [0.2, 0.25) is 0 Å². The number of hydrogen-bond acceptors (Lipinski definition) is 1. The van der Waals surface area contributed by atoms with Gasteiger partial charge in [-0.1, -0.05) is 54.0 Å². The van der Waals surface area contributed by atoms with Gasteiger partial charge in [-0.2, -0.15) is 0 Å². The van der Waals surface area contributed by atoms with Crippen LogP contribution in [-0.4, -0.2) is 5.78 Å². The second-order valence-electron chi connectivity index (χ2n) is 11.5. The summed E-state index contributed by atoms with van der Waals surface area (Å²) >= 11 is 0. The van der Waals surface area contributed by atoms with Crippen molar-refractivity contribution in [1.29, 1.82) is 0 Å². The minimum atomic E-state index is -0.206. The Bertz CT molecular complexity index is 700. The maximum absolute atomic E-state index is 12.4. The summed E-state index contributed by atoms with van der Waals surface area (Å²) < 4.78 is 0. The van der Waals surface area contributed by atoms with Crippen LogP contribution < -0.4 is 0 Å². The second kappa shape index (κ2) is 4.90. The zero-order chi connectivity index (χ0) is 18.4. The molecule has 2 saturated carbocycles. The third-order valence-electron chi connectivity index (χ3n) is 9.61. The first-order valence-corrected chi connectivity index (χ1v) is 10.4. The van der Waals surface area contributed by atoms with Crippen molar-refractivity contribution in [2.24, 2.45) is 33.5 Å². The number of carbonyl (C=O) groups is 1. The monoisotopic (exact) mass is 340 g/mol. The molecule has 0 bridgehead atoms. The summed E-state index contributed by atoms with van der Waals surface area (Å²) in [6.07, 6.45) is 9.31. The fourth-order valence-corrected chi connectivity index (χ4v) is 6.86. The lowest BCUT2D eigenvalue weighted by Gasteiger charge is -2.53. The highest BCUT2D eigenvalue weighted by Gasteiger charge is 2.64. The Morgan fingerprint density at radius 3 is 2.36 bits per heavy atom. The van der Waals surface area contributed by atoms with Crippen LogP contribution in [0.25, 0.3) is 0 Å². The first-order valence-electron chi connectivity index (χ1n) is 10.4. The first kappa shape index (κ1) is 17.6. The van der Waals surface area contributed by atoms with E-state index in [0.717, 1.165) is 24.7 Å². The summed E-state index contributed by atoms with van der Waals surface area (Å²) in [5.74, 6) is 1.92. The van der Waals surface area contributed by atoms with Crippen molar-refractivity contribution in [3.05, 3.63) is 22.8 Å². The SMILES string of the molecule is CC1(C)CC2=C3CCC4(C)C(CC(C)(C)C4(C)C)C3CCC2=CC1=O. The highest BCUT2D eigenvalue weighted by Crippen LogP contribution is 2.72. The van der Waals surface area contributed by atoms with Crippen LogP contribution in [0.4, 0.5) is 0 Å². The zero-order valence-electron chi connectivity index (χ0n) is 17.4. The minimum Gasteiger partial charge on any atom is -0.294 e. The van der Waals surface area contributed by atoms with E-state index in [2.05, 4.69) is 48.5 Å². The van der Waals surface area contributed by atoms with Gasteiger partial charge in [-0.05, 0) is 83.8 Å². The molecule has 3 atom stereocenters. The van der Waals surface area contributed by atoms with Crippen LogP contribution >= 0.6 is 0 Å². The Labute approximate surface area is 154 Å². The molecule has 0 aromatic heterocycles. The normalized spacial score (nSPS) is 40.9. The lowest BCUT2D eigenvalue weighted by Crippen LogP contribution is -2.45. The van der Waals surface area contributed by atoms with E-state index in [0.29, 0.717) is 22.0 Å². The van der Waals surface area contributed by atoms with Crippen LogP contribution in [0.3, 0.4) is 0 Å². The van der Waals surface area contributed by atoms with Gasteiger partial charge in [0.15, 0.2) is 5.78 Å². The van der Waals surface area contributed by atoms with Gasteiger partial charge in [-0.3, -0.25) is 4.79 Å². The average molecular weight is 341 g/mol. The van der Waals surface area contributed by atoms with Crippen molar-refractivity contribution < 1.29 is 4.79 Å². The van der Waals surface area contributed by atoms with E-state index in [4.69, 9.17) is 0 Å². The Hall–Kier alpha value is -0.850. The van der Waals surface area contributed by atoms with Crippen molar-refractivity contribution >= 4 is 5.78 Å². The average Bonchev–Trinajstić information content (AvgIpc) is 2.64. The van der Waals surface area contributed by atoms with E-state index < -0.39 is 0 Å².